The number of hydrogen-bond acceptors (Lipinski definition) is 6. The largest absolute Gasteiger partial charge is 0.493 e. The maximum Gasteiger partial charge on any atom is 0.342 e. The number of hydrogen-bond donors (Lipinski definition) is 1. The summed E-state index contributed by atoms with van der Waals surface area (Å²) in [5.74, 6) is -1.61. The van der Waals surface area contributed by atoms with Gasteiger partial charge in [0.25, 0.3) is 5.69 Å². The van der Waals surface area contributed by atoms with Gasteiger partial charge in [-0.1, -0.05) is 6.92 Å². The molecule has 1 aromatic rings. The molecule has 0 saturated heterocycles. The van der Waals surface area contributed by atoms with E-state index < -0.39 is 32.0 Å². The molecule has 0 bridgehead atoms. The van der Waals surface area contributed by atoms with Gasteiger partial charge in [0.1, 0.15) is 17.9 Å². The van der Waals surface area contributed by atoms with Gasteiger partial charge in [0, 0.05) is 17.9 Å². The van der Waals surface area contributed by atoms with Crippen LogP contribution in [-0.2, 0) is 9.84 Å². The molecule has 8 nitrogen and oxygen atoms in total. The summed E-state index contributed by atoms with van der Waals surface area (Å²) >= 11 is 0. The van der Waals surface area contributed by atoms with Crippen LogP contribution in [0.15, 0.2) is 18.2 Å². The van der Waals surface area contributed by atoms with Gasteiger partial charge in [0.15, 0.2) is 9.84 Å². The standard InChI is InChI=1S/C11H13NO7S/c1-2-20(17,18)6-5-19-8-3-4-10(12(15)16)9(7-8)11(13)14/h3-4,7H,2,5-6H2,1H3,(H,13,14). The van der Waals surface area contributed by atoms with Crippen LogP contribution in [0.5, 0.6) is 5.75 Å². The zero-order chi connectivity index (χ0) is 15.3. The molecule has 0 aromatic heterocycles. The van der Waals surface area contributed by atoms with E-state index in [9.17, 15) is 23.3 Å². The SMILES string of the molecule is CCS(=O)(=O)CCOc1ccc([N+](=O)[O-])c(C(=O)O)c1. The predicted molar refractivity (Wildman–Crippen MR) is 69.9 cm³/mol. The third-order valence-corrected chi connectivity index (χ3v) is 4.17. The topological polar surface area (TPSA) is 124 Å². The highest BCUT2D eigenvalue weighted by Crippen LogP contribution is 2.24. The molecule has 0 spiro atoms. The second-order valence-electron chi connectivity index (χ2n) is 3.83. The van der Waals surface area contributed by atoms with Gasteiger partial charge < -0.3 is 9.84 Å². The average molecular weight is 303 g/mol. The monoisotopic (exact) mass is 303 g/mol. The van der Waals surface area contributed by atoms with Gasteiger partial charge in [-0.3, -0.25) is 10.1 Å². The minimum Gasteiger partial charge on any atom is -0.493 e. The molecule has 20 heavy (non-hydrogen) atoms. The molecular weight excluding hydrogens is 290 g/mol. The third kappa shape index (κ3) is 4.19. The molecule has 1 N–H and O–H groups in total. The fraction of sp³-hybridized carbons (Fsp3) is 0.364. The van der Waals surface area contributed by atoms with E-state index in [1.807, 2.05) is 0 Å². The number of nitro groups is 1. The Balaban J connectivity index is 2.86. The molecule has 0 aliphatic heterocycles. The van der Waals surface area contributed by atoms with Crippen LogP contribution < -0.4 is 4.74 Å². The smallest absolute Gasteiger partial charge is 0.342 e. The van der Waals surface area contributed by atoms with E-state index in [4.69, 9.17) is 9.84 Å². The Bertz CT molecular complexity index is 624. The van der Waals surface area contributed by atoms with Gasteiger partial charge in [-0.15, -0.1) is 0 Å². The minimum absolute atomic E-state index is 0.0169. The van der Waals surface area contributed by atoms with Crippen molar-refractivity contribution in [3.8, 4) is 5.75 Å². The Morgan fingerprint density at radius 1 is 1.45 bits per heavy atom. The number of aromatic carboxylic acids is 1. The maximum atomic E-state index is 11.2. The number of benzene rings is 1. The van der Waals surface area contributed by atoms with Crippen LogP contribution in [0.1, 0.15) is 17.3 Å². The first-order chi connectivity index (χ1) is 9.26. The van der Waals surface area contributed by atoms with Crippen molar-refractivity contribution in [2.75, 3.05) is 18.1 Å². The lowest BCUT2D eigenvalue weighted by Gasteiger charge is -2.07. The maximum absolute atomic E-state index is 11.2. The Hall–Kier alpha value is -2.16. The van der Waals surface area contributed by atoms with Gasteiger partial charge in [-0.2, -0.15) is 0 Å². The van der Waals surface area contributed by atoms with Gasteiger partial charge in [-0.25, -0.2) is 13.2 Å². The summed E-state index contributed by atoms with van der Waals surface area (Å²) in [6.07, 6.45) is 0. The minimum atomic E-state index is -3.19. The summed E-state index contributed by atoms with van der Waals surface area (Å²) in [5.41, 5.74) is -1.06. The van der Waals surface area contributed by atoms with Crippen molar-refractivity contribution in [2.45, 2.75) is 6.92 Å². The van der Waals surface area contributed by atoms with E-state index in [1.165, 1.54) is 13.0 Å². The first-order valence-electron chi connectivity index (χ1n) is 5.62. The molecule has 0 amide bonds. The van der Waals surface area contributed by atoms with Crippen molar-refractivity contribution in [1.29, 1.82) is 0 Å². The van der Waals surface area contributed by atoms with E-state index in [1.54, 1.807) is 0 Å². The molecule has 0 saturated carbocycles. The molecule has 9 heteroatoms. The van der Waals surface area contributed by atoms with Crippen molar-refractivity contribution >= 4 is 21.5 Å². The summed E-state index contributed by atoms with van der Waals surface area (Å²) in [5, 5.41) is 19.5. The zero-order valence-corrected chi connectivity index (χ0v) is 11.4. The van der Waals surface area contributed by atoms with Crippen molar-refractivity contribution in [3.05, 3.63) is 33.9 Å². The molecule has 1 rings (SSSR count). The Morgan fingerprint density at radius 2 is 2.10 bits per heavy atom. The summed E-state index contributed by atoms with van der Waals surface area (Å²) in [6, 6.07) is 3.23. The van der Waals surface area contributed by atoms with Gasteiger partial charge in [0.05, 0.1) is 10.7 Å². The predicted octanol–water partition coefficient (Wildman–Crippen LogP) is 1.11. The Labute approximate surface area is 115 Å². The second-order valence-corrected chi connectivity index (χ2v) is 6.30. The van der Waals surface area contributed by atoms with Crippen LogP contribution in [-0.4, -0.2) is 42.5 Å². The Morgan fingerprint density at radius 3 is 2.60 bits per heavy atom. The summed E-state index contributed by atoms with van der Waals surface area (Å²) in [7, 11) is -3.19. The van der Waals surface area contributed by atoms with Crippen LogP contribution in [0.2, 0.25) is 0 Å². The van der Waals surface area contributed by atoms with Crippen LogP contribution in [0, 0.1) is 10.1 Å². The molecule has 0 fully saturated rings. The van der Waals surface area contributed by atoms with E-state index in [-0.39, 0.29) is 23.9 Å². The number of nitrogens with zero attached hydrogens (tertiary/aromatic N) is 1. The van der Waals surface area contributed by atoms with E-state index in [0.29, 0.717) is 0 Å². The molecule has 0 aliphatic rings. The van der Waals surface area contributed by atoms with Crippen LogP contribution in [0.25, 0.3) is 0 Å². The molecule has 0 heterocycles. The number of sulfone groups is 1. The fourth-order valence-corrected chi connectivity index (χ4v) is 1.99. The van der Waals surface area contributed by atoms with Crippen molar-refractivity contribution in [2.24, 2.45) is 0 Å². The lowest BCUT2D eigenvalue weighted by Crippen LogP contribution is -2.15. The lowest BCUT2D eigenvalue weighted by atomic mass is 10.2. The number of nitro benzene ring substituents is 1. The number of rotatable bonds is 7. The normalized spacial score (nSPS) is 11.1. The summed E-state index contributed by atoms with van der Waals surface area (Å²) < 4.78 is 27.6. The second kappa shape index (κ2) is 6.33. The molecule has 0 unspecified atom stereocenters. The van der Waals surface area contributed by atoms with E-state index in [0.717, 1.165) is 12.1 Å². The van der Waals surface area contributed by atoms with Crippen molar-refractivity contribution in [1.82, 2.24) is 0 Å². The first kappa shape index (κ1) is 15.9. The number of carboxylic acids is 1. The van der Waals surface area contributed by atoms with Crippen LogP contribution in [0.3, 0.4) is 0 Å². The van der Waals surface area contributed by atoms with Gasteiger partial charge in [0.2, 0.25) is 0 Å². The quantitative estimate of drug-likeness (QED) is 0.590. The molecular formula is C11H13NO7S. The Kier molecular flexibility index (Phi) is 5.03. The van der Waals surface area contributed by atoms with Crippen molar-refractivity contribution in [3.63, 3.8) is 0 Å². The highest BCUT2D eigenvalue weighted by molar-refractivity contribution is 7.91. The third-order valence-electron chi connectivity index (χ3n) is 2.50. The zero-order valence-electron chi connectivity index (χ0n) is 10.6. The molecule has 0 atom stereocenters. The first-order valence-corrected chi connectivity index (χ1v) is 7.44. The van der Waals surface area contributed by atoms with Gasteiger partial charge in [-0.05, 0) is 6.07 Å². The number of ether oxygens (including phenoxy) is 1. The molecule has 1 aromatic carbocycles. The summed E-state index contributed by atoms with van der Waals surface area (Å²) in [4.78, 5) is 20.7. The average Bonchev–Trinajstić information content (AvgIpc) is 2.38. The number of carboxylic acid groups (broad SMARTS) is 1. The van der Waals surface area contributed by atoms with E-state index >= 15 is 0 Å². The molecule has 0 radical (unpaired) electrons. The highest BCUT2D eigenvalue weighted by atomic mass is 32.2. The van der Waals surface area contributed by atoms with E-state index in [2.05, 4.69) is 0 Å². The summed E-state index contributed by atoms with van der Waals surface area (Å²) in [6.45, 7) is 1.36. The van der Waals surface area contributed by atoms with Crippen LogP contribution >= 0.6 is 0 Å². The van der Waals surface area contributed by atoms with Crippen molar-refractivity contribution < 1.29 is 28.0 Å². The highest BCUT2D eigenvalue weighted by Gasteiger charge is 2.20. The number of carbonyl (C=O) groups is 1. The van der Waals surface area contributed by atoms with Gasteiger partial charge >= 0.3 is 5.97 Å². The molecule has 0 aliphatic carbocycles. The lowest BCUT2D eigenvalue weighted by molar-refractivity contribution is -0.385. The molecule has 110 valence electrons. The fourth-order valence-electron chi connectivity index (χ4n) is 1.37. The van der Waals surface area contributed by atoms with Crippen LogP contribution in [0.4, 0.5) is 5.69 Å².